The molecule has 2 aromatic rings. The van der Waals surface area contributed by atoms with Crippen LogP contribution in [-0.4, -0.2) is 10.5 Å². The Balaban J connectivity index is 2.25. The van der Waals surface area contributed by atoms with E-state index in [0.717, 1.165) is 16.6 Å². The van der Waals surface area contributed by atoms with Crippen LogP contribution in [0.25, 0.3) is 0 Å². The van der Waals surface area contributed by atoms with Crippen LogP contribution in [0.15, 0.2) is 47.3 Å². The zero-order valence-corrected chi connectivity index (χ0v) is 10.9. The van der Waals surface area contributed by atoms with Crippen LogP contribution in [-0.2, 0) is 24.2 Å². The third-order valence-electron chi connectivity index (χ3n) is 3.09. The Morgan fingerprint density at radius 3 is 2.45 bits per heavy atom. The highest BCUT2D eigenvalue weighted by Crippen LogP contribution is 2.07. The largest absolute Gasteiger partial charge is 0.548 e. The minimum atomic E-state index is -1.31. The molecule has 20 heavy (non-hydrogen) atoms. The Kier molecular flexibility index (Phi) is 4.20. The molecule has 0 fully saturated rings. The van der Waals surface area contributed by atoms with Gasteiger partial charge in [0.15, 0.2) is 0 Å². The van der Waals surface area contributed by atoms with Crippen molar-refractivity contribution in [3.05, 3.63) is 64.1 Å². The second kappa shape index (κ2) is 6.06. The maximum absolute atomic E-state index is 11.9. The van der Waals surface area contributed by atoms with E-state index in [9.17, 15) is 14.7 Å². The summed E-state index contributed by atoms with van der Waals surface area (Å²) in [5.74, 6) is -1.31. The van der Waals surface area contributed by atoms with Crippen LogP contribution < -0.4 is 16.4 Å². The van der Waals surface area contributed by atoms with Gasteiger partial charge in [0.25, 0.3) is 5.56 Å². The lowest BCUT2D eigenvalue weighted by Gasteiger charge is -2.14. The Morgan fingerprint density at radius 1 is 1.10 bits per heavy atom. The number of carbonyl (C=O) groups excluding carboxylic acids is 1. The highest BCUT2D eigenvalue weighted by molar-refractivity contribution is 5.64. The Hall–Kier alpha value is -2.56. The van der Waals surface area contributed by atoms with E-state index in [0.29, 0.717) is 12.1 Å². The zero-order chi connectivity index (χ0) is 14.5. The molecule has 104 valence electrons. The van der Waals surface area contributed by atoms with Crippen LogP contribution in [0, 0.1) is 0 Å². The van der Waals surface area contributed by atoms with Crippen molar-refractivity contribution in [2.75, 3.05) is 5.73 Å². The molecule has 5 heteroatoms. The summed E-state index contributed by atoms with van der Waals surface area (Å²) in [6, 6.07) is 13.0. The predicted molar refractivity (Wildman–Crippen MR) is 74.0 cm³/mol. The molecule has 0 aliphatic heterocycles. The lowest BCUT2D eigenvalue weighted by atomic mass is 10.1. The molecule has 0 aliphatic rings. The highest BCUT2D eigenvalue weighted by atomic mass is 16.4. The normalized spacial score (nSPS) is 10.4. The minimum absolute atomic E-state index is 0.0368. The lowest BCUT2D eigenvalue weighted by molar-refractivity contribution is -0.306. The zero-order valence-electron chi connectivity index (χ0n) is 10.9. The molecule has 2 N–H and O–H groups in total. The van der Waals surface area contributed by atoms with Gasteiger partial charge in [-0.05, 0) is 30.5 Å². The summed E-state index contributed by atoms with van der Waals surface area (Å²) in [6.07, 6.45) is 1.28. The number of pyridine rings is 1. The van der Waals surface area contributed by atoms with Crippen LogP contribution in [0.5, 0.6) is 0 Å². The number of carbonyl (C=O) groups is 1. The number of rotatable bonds is 5. The van der Waals surface area contributed by atoms with Gasteiger partial charge >= 0.3 is 0 Å². The Morgan fingerprint density at radius 2 is 1.80 bits per heavy atom. The maximum Gasteiger partial charge on any atom is 0.274 e. The van der Waals surface area contributed by atoms with E-state index in [1.54, 1.807) is 6.07 Å². The molecule has 2 rings (SSSR count). The molecule has 1 aromatic heterocycles. The molecule has 0 unspecified atom stereocenters. The number of nitrogen functional groups attached to an aromatic ring is 1. The van der Waals surface area contributed by atoms with Crippen molar-refractivity contribution < 1.29 is 9.90 Å². The van der Waals surface area contributed by atoms with Crippen LogP contribution in [0.3, 0.4) is 0 Å². The van der Waals surface area contributed by atoms with E-state index >= 15 is 0 Å². The monoisotopic (exact) mass is 271 g/mol. The molecule has 0 spiro atoms. The Labute approximate surface area is 116 Å². The number of aliphatic carboxylic acids is 1. The number of nitrogens with zero attached hydrogens (tertiary/aromatic N) is 1. The number of aromatic nitrogens is 1. The van der Waals surface area contributed by atoms with Crippen molar-refractivity contribution in [3.63, 3.8) is 0 Å². The van der Waals surface area contributed by atoms with E-state index in [1.165, 1.54) is 6.07 Å². The van der Waals surface area contributed by atoms with Crippen molar-refractivity contribution in [2.24, 2.45) is 0 Å². The van der Waals surface area contributed by atoms with Gasteiger partial charge in [0.1, 0.15) is 0 Å². The molecule has 0 saturated carbocycles. The summed E-state index contributed by atoms with van der Waals surface area (Å²) in [5.41, 5.74) is 6.83. The fourth-order valence-electron chi connectivity index (χ4n) is 2.07. The van der Waals surface area contributed by atoms with Gasteiger partial charge in [0.2, 0.25) is 0 Å². The third-order valence-corrected chi connectivity index (χ3v) is 3.09. The number of anilines is 1. The first-order chi connectivity index (χ1) is 9.58. The number of benzene rings is 1. The molecular formula is C15H15N2O3-. The molecule has 0 saturated heterocycles. The summed E-state index contributed by atoms with van der Waals surface area (Å²) >= 11 is 0. The van der Waals surface area contributed by atoms with Gasteiger partial charge in [0, 0.05) is 5.69 Å². The standard InChI is InChI=1S/C15H16N2O3/c16-13-9-8-12(17(15(13)20)10-14(18)19)7-6-11-4-2-1-3-5-11/h1-5,8-9H,6-7,10,16H2,(H,18,19)/p-1. The van der Waals surface area contributed by atoms with Crippen LogP contribution >= 0.6 is 0 Å². The number of carboxylic acid groups (broad SMARTS) is 1. The quantitative estimate of drug-likeness (QED) is 0.826. The van der Waals surface area contributed by atoms with E-state index in [1.807, 2.05) is 30.3 Å². The number of hydrogen-bond acceptors (Lipinski definition) is 4. The van der Waals surface area contributed by atoms with Gasteiger partial charge in [0.05, 0.1) is 18.2 Å². The molecule has 0 amide bonds. The molecule has 5 nitrogen and oxygen atoms in total. The average Bonchev–Trinajstić information content (AvgIpc) is 2.44. The van der Waals surface area contributed by atoms with Crippen molar-refractivity contribution in [3.8, 4) is 0 Å². The second-order valence-electron chi connectivity index (χ2n) is 4.53. The number of carboxylic acids is 1. The van der Waals surface area contributed by atoms with E-state index in [4.69, 9.17) is 5.73 Å². The molecule has 0 bridgehead atoms. The SMILES string of the molecule is Nc1ccc(CCc2ccccc2)n(CC(=O)[O-])c1=O. The van der Waals surface area contributed by atoms with Crippen LogP contribution in [0.4, 0.5) is 5.69 Å². The van der Waals surface area contributed by atoms with Crippen molar-refractivity contribution >= 4 is 11.7 Å². The summed E-state index contributed by atoms with van der Waals surface area (Å²) in [7, 11) is 0. The number of nitrogens with two attached hydrogens (primary N) is 1. The van der Waals surface area contributed by atoms with Crippen molar-refractivity contribution in [1.29, 1.82) is 0 Å². The number of aryl methyl sites for hydroxylation is 2. The minimum Gasteiger partial charge on any atom is -0.548 e. The van der Waals surface area contributed by atoms with E-state index < -0.39 is 18.1 Å². The summed E-state index contributed by atoms with van der Waals surface area (Å²) < 4.78 is 1.16. The van der Waals surface area contributed by atoms with E-state index in [2.05, 4.69) is 0 Å². The summed E-state index contributed by atoms with van der Waals surface area (Å²) in [6.45, 7) is -0.478. The summed E-state index contributed by atoms with van der Waals surface area (Å²) in [5, 5.41) is 10.7. The maximum atomic E-state index is 11.9. The number of hydrogen-bond donors (Lipinski definition) is 1. The van der Waals surface area contributed by atoms with Gasteiger partial charge in [-0.25, -0.2) is 0 Å². The fraction of sp³-hybridized carbons (Fsp3) is 0.200. The second-order valence-corrected chi connectivity index (χ2v) is 4.53. The van der Waals surface area contributed by atoms with Crippen molar-refractivity contribution in [2.45, 2.75) is 19.4 Å². The molecular weight excluding hydrogens is 256 g/mol. The van der Waals surface area contributed by atoms with E-state index in [-0.39, 0.29) is 5.69 Å². The topological polar surface area (TPSA) is 88.2 Å². The predicted octanol–water partition coefficient (Wildman–Crippen LogP) is -0.0344. The van der Waals surface area contributed by atoms with Gasteiger partial charge in [-0.15, -0.1) is 0 Å². The molecule has 0 aliphatic carbocycles. The Bertz CT molecular complexity index is 663. The van der Waals surface area contributed by atoms with Gasteiger partial charge < -0.3 is 20.2 Å². The molecule has 0 radical (unpaired) electrons. The summed E-state index contributed by atoms with van der Waals surface area (Å²) in [4.78, 5) is 22.6. The first-order valence-electron chi connectivity index (χ1n) is 6.30. The van der Waals surface area contributed by atoms with Crippen LogP contribution in [0.2, 0.25) is 0 Å². The smallest absolute Gasteiger partial charge is 0.274 e. The van der Waals surface area contributed by atoms with Gasteiger partial charge in [-0.1, -0.05) is 30.3 Å². The first kappa shape index (κ1) is 13.9. The molecule has 0 atom stereocenters. The lowest BCUT2D eigenvalue weighted by Crippen LogP contribution is -2.35. The first-order valence-corrected chi connectivity index (χ1v) is 6.30. The van der Waals surface area contributed by atoms with Gasteiger partial charge in [-0.2, -0.15) is 0 Å². The fourth-order valence-corrected chi connectivity index (χ4v) is 2.07. The third kappa shape index (κ3) is 3.26. The highest BCUT2D eigenvalue weighted by Gasteiger charge is 2.07. The van der Waals surface area contributed by atoms with Crippen LogP contribution in [0.1, 0.15) is 11.3 Å². The molecule has 1 heterocycles. The molecule has 1 aromatic carbocycles. The van der Waals surface area contributed by atoms with Gasteiger partial charge in [-0.3, -0.25) is 4.79 Å². The average molecular weight is 271 g/mol. The van der Waals surface area contributed by atoms with Crippen molar-refractivity contribution in [1.82, 2.24) is 4.57 Å².